The van der Waals surface area contributed by atoms with Crippen LogP contribution < -0.4 is 14.4 Å². The molecule has 1 aromatic rings. The van der Waals surface area contributed by atoms with Crippen LogP contribution in [-0.4, -0.2) is 40.3 Å². The lowest BCUT2D eigenvalue weighted by Gasteiger charge is -2.17. The molecule has 116 valence electrons. The van der Waals surface area contributed by atoms with E-state index in [0.29, 0.717) is 31.7 Å². The summed E-state index contributed by atoms with van der Waals surface area (Å²) in [6, 6.07) is 5.59. The van der Waals surface area contributed by atoms with Crippen molar-refractivity contribution in [3.8, 4) is 5.75 Å². The lowest BCUT2D eigenvalue weighted by Crippen LogP contribution is -2.27. The largest absolute Gasteiger partial charge is 0.491 e. The number of carbonyl (C=O) groups is 1. The minimum Gasteiger partial charge on any atom is -0.491 e. The molecule has 1 aromatic carbocycles. The number of amides is 1. The number of anilines is 1. The smallest absolute Gasteiger partial charge is 0.230 e. The van der Waals surface area contributed by atoms with Gasteiger partial charge in [0.1, 0.15) is 5.75 Å². The zero-order chi connectivity index (χ0) is 15.5. The fraction of sp³-hybridized carbons (Fsp3) is 0.500. The lowest BCUT2D eigenvalue weighted by molar-refractivity contribution is -0.118. The Morgan fingerprint density at radius 3 is 2.86 bits per heavy atom. The average Bonchev–Trinajstić information content (AvgIpc) is 2.59. The molecule has 1 amide bonds. The monoisotopic (exact) mass is 312 g/mol. The van der Waals surface area contributed by atoms with E-state index >= 15 is 0 Å². The molecule has 0 saturated carbocycles. The van der Waals surface area contributed by atoms with Gasteiger partial charge in [-0.25, -0.2) is 13.1 Å². The first-order valence-corrected chi connectivity index (χ1v) is 8.58. The van der Waals surface area contributed by atoms with Crippen molar-refractivity contribution in [2.45, 2.75) is 19.8 Å². The molecule has 0 radical (unpaired) electrons. The minimum absolute atomic E-state index is 0.0117. The van der Waals surface area contributed by atoms with E-state index < -0.39 is 10.0 Å². The van der Waals surface area contributed by atoms with Crippen molar-refractivity contribution in [1.82, 2.24) is 4.72 Å². The Kier molecular flexibility index (Phi) is 4.84. The summed E-state index contributed by atoms with van der Waals surface area (Å²) >= 11 is 0. The third-order valence-electron chi connectivity index (χ3n) is 3.45. The van der Waals surface area contributed by atoms with Gasteiger partial charge in [0.25, 0.3) is 0 Å². The fourth-order valence-corrected chi connectivity index (χ4v) is 2.72. The van der Waals surface area contributed by atoms with Crippen molar-refractivity contribution in [3.63, 3.8) is 0 Å². The van der Waals surface area contributed by atoms with Gasteiger partial charge in [0.2, 0.25) is 15.9 Å². The van der Waals surface area contributed by atoms with E-state index in [0.717, 1.165) is 11.3 Å². The molecule has 0 unspecified atom stereocenters. The van der Waals surface area contributed by atoms with Gasteiger partial charge in [0, 0.05) is 13.6 Å². The van der Waals surface area contributed by atoms with Crippen LogP contribution in [0.25, 0.3) is 0 Å². The normalized spacial score (nSPS) is 15.3. The SMILES string of the molecule is CCS(=O)(=O)NCCc1ccc2c(c1)N(C)C(=O)CCO2. The average molecular weight is 312 g/mol. The van der Waals surface area contributed by atoms with Gasteiger partial charge in [-0.15, -0.1) is 0 Å². The van der Waals surface area contributed by atoms with Crippen LogP contribution in [0.5, 0.6) is 5.75 Å². The van der Waals surface area contributed by atoms with Gasteiger partial charge in [-0.05, 0) is 31.0 Å². The van der Waals surface area contributed by atoms with Gasteiger partial charge in [-0.2, -0.15) is 0 Å². The summed E-state index contributed by atoms with van der Waals surface area (Å²) in [6.07, 6.45) is 0.922. The minimum atomic E-state index is -3.17. The van der Waals surface area contributed by atoms with Crippen molar-refractivity contribution >= 4 is 21.6 Å². The van der Waals surface area contributed by atoms with E-state index in [1.807, 2.05) is 18.2 Å². The quantitative estimate of drug-likeness (QED) is 0.877. The molecule has 0 aromatic heterocycles. The number of fused-ring (bicyclic) bond motifs is 1. The van der Waals surface area contributed by atoms with Crippen LogP contribution in [0.3, 0.4) is 0 Å². The van der Waals surface area contributed by atoms with Crippen molar-refractivity contribution in [2.24, 2.45) is 0 Å². The van der Waals surface area contributed by atoms with Crippen LogP contribution in [0.15, 0.2) is 18.2 Å². The molecule has 1 aliphatic heterocycles. The first-order chi connectivity index (χ1) is 9.93. The number of nitrogens with zero attached hydrogens (tertiary/aromatic N) is 1. The number of carbonyl (C=O) groups excluding carboxylic acids is 1. The second kappa shape index (κ2) is 6.44. The Balaban J connectivity index is 2.10. The molecule has 0 atom stereocenters. The Morgan fingerprint density at radius 1 is 1.38 bits per heavy atom. The highest BCUT2D eigenvalue weighted by Crippen LogP contribution is 2.31. The molecule has 1 aliphatic rings. The summed E-state index contributed by atoms with van der Waals surface area (Å²) in [5.74, 6) is 0.765. The Morgan fingerprint density at radius 2 is 2.14 bits per heavy atom. The standard InChI is InChI=1S/C14H20N2O4S/c1-3-21(18,19)15-8-6-11-4-5-13-12(10-11)16(2)14(17)7-9-20-13/h4-5,10,15H,3,6-9H2,1-2H3. The van der Waals surface area contributed by atoms with Crippen LogP contribution in [0, 0.1) is 0 Å². The summed E-state index contributed by atoms with van der Waals surface area (Å²) in [7, 11) is -1.45. The van der Waals surface area contributed by atoms with E-state index in [1.165, 1.54) is 0 Å². The number of hydrogen-bond acceptors (Lipinski definition) is 4. The predicted octanol–water partition coefficient (Wildman–Crippen LogP) is 0.914. The maximum Gasteiger partial charge on any atom is 0.230 e. The highest BCUT2D eigenvalue weighted by Gasteiger charge is 2.20. The molecular weight excluding hydrogens is 292 g/mol. The molecule has 0 fully saturated rings. The van der Waals surface area contributed by atoms with Crippen LogP contribution in [0.2, 0.25) is 0 Å². The molecule has 0 aliphatic carbocycles. The van der Waals surface area contributed by atoms with Crippen molar-refractivity contribution in [1.29, 1.82) is 0 Å². The number of rotatable bonds is 5. The van der Waals surface area contributed by atoms with E-state index in [-0.39, 0.29) is 11.7 Å². The fourth-order valence-electron chi connectivity index (χ4n) is 2.11. The van der Waals surface area contributed by atoms with Crippen molar-refractivity contribution in [2.75, 3.05) is 30.9 Å². The molecule has 1 N–H and O–H groups in total. The van der Waals surface area contributed by atoms with Gasteiger partial charge < -0.3 is 9.64 Å². The van der Waals surface area contributed by atoms with Crippen LogP contribution in [0.4, 0.5) is 5.69 Å². The third kappa shape index (κ3) is 3.95. The summed E-state index contributed by atoms with van der Waals surface area (Å²) in [4.78, 5) is 13.4. The summed E-state index contributed by atoms with van der Waals surface area (Å²) in [6.45, 7) is 2.32. The van der Waals surface area contributed by atoms with Gasteiger partial charge in [-0.3, -0.25) is 4.79 Å². The summed E-state index contributed by atoms with van der Waals surface area (Å²) in [5.41, 5.74) is 1.69. The second-order valence-electron chi connectivity index (χ2n) is 4.90. The topological polar surface area (TPSA) is 75.7 Å². The zero-order valence-corrected chi connectivity index (χ0v) is 13.1. The molecule has 6 nitrogen and oxygen atoms in total. The molecule has 0 saturated heterocycles. The van der Waals surface area contributed by atoms with E-state index in [2.05, 4.69) is 4.72 Å². The molecule has 21 heavy (non-hydrogen) atoms. The molecule has 0 spiro atoms. The third-order valence-corrected chi connectivity index (χ3v) is 4.85. The first kappa shape index (κ1) is 15.8. The first-order valence-electron chi connectivity index (χ1n) is 6.92. The van der Waals surface area contributed by atoms with Gasteiger partial charge in [0.15, 0.2) is 0 Å². The summed E-state index contributed by atoms with van der Waals surface area (Å²) in [5, 5.41) is 0. The Bertz CT molecular complexity index is 628. The number of sulfonamides is 1. The van der Waals surface area contributed by atoms with E-state index in [4.69, 9.17) is 4.74 Å². The highest BCUT2D eigenvalue weighted by atomic mass is 32.2. The second-order valence-corrected chi connectivity index (χ2v) is 7.00. The lowest BCUT2D eigenvalue weighted by atomic mass is 10.1. The number of ether oxygens (including phenoxy) is 1. The highest BCUT2D eigenvalue weighted by molar-refractivity contribution is 7.89. The molecule has 1 heterocycles. The maximum absolute atomic E-state index is 11.8. The number of benzene rings is 1. The predicted molar refractivity (Wildman–Crippen MR) is 81.1 cm³/mol. The van der Waals surface area contributed by atoms with Crippen LogP contribution in [-0.2, 0) is 21.2 Å². The molecule has 0 bridgehead atoms. The van der Waals surface area contributed by atoms with Crippen LogP contribution in [0.1, 0.15) is 18.9 Å². The molecular formula is C14H20N2O4S. The maximum atomic E-state index is 11.8. The number of hydrogen-bond donors (Lipinski definition) is 1. The van der Waals surface area contributed by atoms with E-state index in [1.54, 1.807) is 18.9 Å². The Hall–Kier alpha value is -1.60. The van der Waals surface area contributed by atoms with Crippen LogP contribution >= 0.6 is 0 Å². The van der Waals surface area contributed by atoms with Gasteiger partial charge >= 0.3 is 0 Å². The molecule has 2 rings (SSSR count). The molecule has 7 heteroatoms. The summed E-state index contributed by atoms with van der Waals surface area (Å²) < 4.78 is 30.8. The number of nitrogens with one attached hydrogen (secondary N) is 1. The Labute approximate surface area is 125 Å². The van der Waals surface area contributed by atoms with Gasteiger partial charge in [-0.1, -0.05) is 6.07 Å². The van der Waals surface area contributed by atoms with E-state index in [9.17, 15) is 13.2 Å². The van der Waals surface area contributed by atoms with Gasteiger partial charge in [0.05, 0.1) is 24.5 Å². The zero-order valence-electron chi connectivity index (χ0n) is 12.3. The van der Waals surface area contributed by atoms with Crippen molar-refractivity contribution in [3.05, 3.63) is 23.8 Å². The van der Waals surface area contributed by atoms with Crippen molar-refractivity contribution < 1.29 is 17.9 Å².